The lowest BCUT2D eigenvalue weighted by atomic mass is 10.2. The molecule has 0 saturated heterocycles. The van der Waals surface area contributed by atoms with Gasteiger partial charge in [0.2, 0.25) is 0 Å². The third-order valence-corrected chi connectivity index (χ3v) is 4.04. The van der Waals surface area contributed by atoms with E-state index in [1.807, 2.05) is 0 Å². The van der Waals surface area contributed by atoms with Crippen LogP contribution >= 0.6 is 39.1 Å². The molecule has 0 heterocycles. The summed E-state index contributed by atoms with van der Waals surface area (Å²) < 4.78 is 0.615. The third-order valence-electron chi connectivity index (χ3n) is 2.27. The first-order chi connectivity index (χ1) is 8.82. The van der Waals surface area contributed by atoms with Gasteiger partial charge in [-0.2, -0.15) is 0 Å². The summed E-state index contributed by atoms with van der Waals surface area (Å²) in [4.78, 5) is 22.2. The molecule has 0 aliphatic rings. The second-order valence-electron chi connectivity index (χ2n) is 3.80. The van der Waals surface area contributed by atoms with Crippen molar-refractivity contribution in [2.24, 2.45) is 5.92 Å². The molecule has 0 aromatic heterocycles. The molecule has 0 aliphatic carbocycles. The highest BCUT2D eigenvalue weighted by atomic mass is 79.9. The minimum Gasteiger partial charge on any atom is -0.481 e. The van der Waals surface area contributed by atoms with Gasteiger partial charge in [-0.15, -0.1) is 0 Å². The molecule has 0 saturated carbocycles. The molecule has 1 rings (SSSR count). The van der Waals surface area contributed by atoms with Crippen LogP contribution in [0.1, 0.15) is 6.92 Å². The average Bonchev–Trinajstić information content (AvgIpc) is 2.36. The fraction of sp³-hybridized carbons (Fsp3) is 0.273. The summed E-state index contributed by atoms with van der Waals surface area (Å²) in [5, 5.41) is 14.1. The Kier molecular flexibility index (Phi) is 5.90. The number of benzene rings is 1. The molecule has 8 heteroatoms. The molecular weight excluding hydrogens is 359 g/mol. The van der Waals surface area contributed by atoms with Crippen molar-refractivity contribution >= 4 is 56.8 Å². The van der Waals surface area contributed by atoms with Crippen LogP contribution in [0.25, 0.3) is 0 Å². The van der Waals surface area contributed by atoms with Crippen molar-refractivity contribution in [1.29, 1.82) is 0 Å². The van der Waals surface area contributed by atoms with Crippen LogP contribution in [0.2, 0.25) is 10.0 Å². The van der Waals surface area contributed by atoms with Crippen LogP contribution in [0.3, 0.4) is 0 Å². The minimum atomic E-state index is -0.981. The van der Waals surface area contributed by atoms with Crippen molar-refractivity contribution in [3.63, 3.8) is 0 Å². The van der Waals surface area contributed by atoms with Crippen LogP contribution in [-0.4, -0.2) is 23.7 Å². The van der Waals surface area contributed by atoms with E-state index in [2.05, 4.69) is 26.6 Å². The molecule has 1 aromatic carbocycles. The number of carbonyl (C=O) groups is 2. The molecule has 1 atom stereocenters. The van der Waals surface area contributed by atoms with E-state index in [9.17, 15) is 9.59 Å². The van der Waals surface area contributed by atoms with Gasteiger partial charge in [0, 0.05) is 11.0 Å². The van der Waals surface area contributed by atoms with Gasteiger partial charge in [-0.1, -0.05) is 30.1 Å². The molecule has 0 spiro atoms. The first-order valence-electron chi connectivity index (χ1n) is 5.24. The van der Waals surface area contributed by atoms with Crippen LogP contribution in [0.15, 0.2) is 16.6 Å². The molecular formula is C11H11BrCl2N2O3. The van der Waals surface area contributed by atoms with Crippen LogP contribution in [0, 0.1) is 5.92 Å². The maximum absolute atomic E-state index is 11.6. The van der Waals surface area contributed by atoms with Crippen molar-refractivity contribution in [3.8, 4) is 0 Å². The number of hydrogen-bond acceptors (Lipinski definition) is 2. The summed E-state index contributed by atoms with van der Waals surface area (Å²) in [5.41, 5.74) is 0.343. The number of aliphatic carboxylic acids is 1. The average molecular weight is 370 g/mol. The lowest BCUT2D eigenvalue weighted by Gasteiger charge is -2.12. The van der Waals surface area contributed by atoms with Gasteiger partial charge in [0.25, 0.3) is 0 Å². The SMILES string of the molecule is CC(CNC(=O)Nc1ccc(Br)c(Cl)c1Cl)C(=O)O. The van der Waals surface area contributed by atoms with Gasteiger partial charge in [-0.05, 0) is 28.1 Å². The second-order valence-corrected chi connectivity index (χ2v) is 5.41. The number of halogens is 3. The number of anilines is 1. The highest BCUT2D eigenvalue weighted by Crippen LogP contribution is 2.35. The molecule has 5 nitrogen and oxygen atoms in total. The number of hydrogen-bond donors (Lipinski definition) is 3. The Labute approximate surface area is 128 Å². The monoisotopic (exact) mass is 368 g/mol. The highest BCUT2D eigenvalue weighted by Gasteiger charge is 2.14. The lowest BCUT2D eigenvalue weighted by Crippen LogP contribution is -2.34. The first kappa shape index (κ1) is 16.1. The van der Waals surface area contributed by atoms with Crippen LogP contribution < -0.4 is 10.6 Å². The molecule has 19 heavy (non-hydrogen) atoms. The van der Waals surface area contributed by atoms with E-state index >= 15 is 0 Å². The molecule has 2 amide bonds. The number of amides is 2. The zero-order chi connectivity index (χ0) is 14.6. The van der Waals surface area contributed by atoms with Crippen molar-refractivity contribution in [3.05, 3.63) is 26.7 Å². The normalized spacial score (nSPS) is 11.8. The Morgan fingerprint density at radius 2 is 2.00 bits per heavy atom. The van der Waals surface area contributed by atoms with Gasteiger partial charge in [0.05, 0.1) is 21.7 Å². The Bertz CT molecular complexity index is 511. The van der Waals surface area contributed by atoms with Gasteiger partial charge in [0.1, 0.15) is 0 Å². The lowest BCUT2D eigenvalue weighted by molar-refractivity contribution is -0.140. The summed E-state index contributed by atoms with van der Waals surface area (Å²) in [5.74, 6) is -1.65. The van der Waals surface area contributed by atoms with Gasteiger partial charge in [-0.25, -0.2) is 4.79 Å². The van der Waals surface area contributed by atoms with E-state index in [0.717, 1.165) is 0 Å². The zero-order valence-corrected chi connectivity index (χ0v) is 12.9. The van der Waals surface area contributed by atoms with E-state index in [1.165, 1.54) is 6.92 Å². The van der Waals surface area contributed by atoms with E-state index < -0.39 is 17.9 Å². The van der Waals surface area contributed by atoms with Crippen LogP contribution in [0.5, 0.6) is 0 Å². The van der Waals surface area contributed by atoms with Gasteiger partial charge >= 0.3 is 12.0 Å². The molecule has 1 unspecified atom stereocenters. The van der Waals surface area contributed by atoms with Crippen molar-refractivity contribution in [1.82, 2.24) is 5.32 Å². The highest BCUT2D eigenvalue weighted by molar-refractivity contribution is 9.10. The number of carbonyl (C=O) groups excluding carboxylic acids is 1. The van der Waals surface area contributed by atoms with Crippen molar-refractivity contribution in [2.75, 3.05) is 11.9 Å². The number of carboxylic acid groups (broad SMARTS) is 1. The minimum absolute atomic E-state index is 0.0169. The first-order valence-corrected chi connectivity index (χ1v) is 6.79. The maximum atomic E-state index is 11.6. The van der Waals surface area contributed by atoms with Crippen LogP contribution in [0.4, 0.5) is 10.5 Å². The fourth-order valence-corrected chi connectivity index (χ4v) is 1.94. The Balaban J connectivity index is 2.63. The second kappa shape index (κ2) is 6.98. The summed E-state index contributed by atoms with van der Waals surface area (Å²) in [6.07, 6.45) is 0. The number of nitrogens with one attached hydrogen (secondary N) is 2. The topological polar surface area (TPSA) is 78.4 Å². The van der Waals surface area contributed by atoms with Crippen molar-refractivity contribution < 1.29 is 14.7 Å². The molecule has 1 aromatic rings. The molecule has 0 aliphatic heterocycles. The summed E-state index contributed by atoms with van der Waals surface area (Å²) in [7, 11) is 0. The Morgan fingerprint density at radius 1 is 1.37 bits per heavy atom. The summed E-state index contributed by atoms with van der Waals surface area (Å²) in [6, 6.07) is 2.68. The van der Waals surface area contributed by atoms with Crippen molar-refractivity contribution in [2.45, 2.75) is 6.92 Å². The molecule has 3 N–H and O–H groups in total. The zero-order valence-electron chi connectivity index (χ0n) is 9.84. The van der Waals surface area contributed by atoms with E-state index in [1.54, 1.807) is 12.1 Å². The smallest absolute Gasteiger partial charge is 0.319 e. The number of carboxylic acids is 1. The quantitative estimate of drug-likeness (QED) is 0.709. The van der Waals surface area contributed by atoms with E-state index in [4.69, 9.17) is 28.3 Å². The van der Waals surface area contributed by atoms with E-state index in [0.29, 0.717) is 15.2 Å². The Morgan fingerprint density at radius 3 is 2.58 bits per heavy atom. The molecule has 0 bridgehead atoms. The van der Waals surface area contributed by atoms with Crippen LogP contribution in [-0.2, 0) is 4.79 Å². The van der Waals surface area contributed by atoms with Gasteiger partial charge in [-0.3, -0.25) is 4.79 Å². The standard InChI is InChI=1S/C11H11BrCl2N2O3/c1-5(10(17)18)4-15-11(19)16-7-3-2-6(12)8(13)9(7)14/h2-3,5H,4H2,1H3,(H,17,18)(H2,15,16,19). The maximum Gasteiger partial charge on any atom is 0.319 e. The molecule has 104 valence electrons. The molecule has 0 radical (unpaired) electrons. The van der Waals surface area contributed by atoms with E-state index in [-0.39, 0.29) is 11.6 Å². The summed E-state index contributed by atoms with van der Waals surface area (Å²) in [6.45, 7) is 1.51. The predicted octanol–water partition coefficient (Wildman–Crippen LogP) is 3.60. The number of urea groups is 1. The third kappa shape index (κ3) is 4.56. The largest absolute Gasteiger partial charge is 0.481 e. The fourth-order valence-electron chi connectivity index (χ4n) is 1.12. The van der Waals surface area contributed by atoms with Gasteiger partial charge < -0.3 is 15.7 Å². The Hall–Kier alpha value is -0.980. The predicted molar refractivity (Wildman–Crippen MR) is 78.0 cm³/mol. The van der Waals surface area contributed by atoms with Gasteiger partial charge in [0.15, 0.2) is 0 Å². The number of rotatable bonds is 4. The molecule has 0 fully saturated rings. The summed E-state index contributed by atoms with van der Waals surface area (Å²) >= 11 is 15.1.